The quantitative estimate of drug-likeness (QED) is 0.562. The average molecular weight is 469 g/mol. The molecule has 5 rings (SSSR count). The van der Waals surface area contributed by atoms with Crippen molar-refractivity contribution in [3.63, 3.8) is 0 Å². The molecule has 33 heavy (non-hydrogen) atoms. The molecule has 4 heterocycles. The SMILES string of the molecule is CCC[C@@H]1c2nncn2-c2cnc(-c3ccncc3CNS(C)(=O)=O)nc2N1C1CCCC1. The molecule has 0 saturated heterocycles. The fraction of sp³-hybridized carbons (Fsp3) is 0.500. The molecule has 0 bridgehead atoms. The van der Waals surface area contributed by atoms with Gasteiger partial charge in [-0.2, -0.15) is 0 Å². The minimum atomic E-state index is -3.34. The Morgan fingerprint density at radius 3 is 2.79 bits per heavy atom. The average Bonchev–Trinajstić information content (AvgIpc) is 3.50. The number of hydrogen-bond acceptors (Lipinski definition) is 8. The van der Waals surface area contributed by atoms with Gasteiger partial charge in [0.1, 0.15) is 12.0 Å². The first-order chi connectivity index (χ1) is 16.0. The van der Waals surface area contributed by atoms with Crippen LogP contribution in [0.1, 0.15) is 62.9 Å². The number of nitrogens with zero attached hydrogens (tertiary/aromatic N) is 7. The van der Waals surface area contributed by atoms with Crippen molar-refractivity contribution in [3.8, 4) is 17.1 Å². The highest BCUT2D eigenvalue weighted by Gasteiger charge is 2.39. The van der Waals surface area contributed by atoms with Gasteiger partial charge in [0.05, 0.1) is 18.5 Å². The van der Waals surface area contributed by atoms with Crippen LogP contribution >= 0.6 is 0 Å². The summed E-state index contributed by atoms with van der Waals surface area (Å²) in [4.78, 5) is 16.3. The van der Waals surface area contributed by atoms with Crippen LogP contribution in [0.4, 0.5) is 5.82 Å². The van der Waals surface area contributed by atoms with E-state index in [-0.39, 0.29) is 12.6 Å². The molecule has 3 aromatic heterocycles. The molecular weight excluding hydrogens is 440 g/mol. The molecule has 1 atom stereocenters. The minimum absolute atomic E-state index is 0.111. The Bertz CT molecular complexity index is 1250. The molecule has 1 aliphatic heterocycles. The Balaban J connectivity index is 1.62. The second-order valence-corrected chi connectivity index (χ2v) is 10.6. The smallest absolute Gasteiger partial charge is 0.209 e. The number of pyridine rings is 1. The van der Waals surface area contributed by atoms with Crippen molar-refractivity contribution in [1.29, 1.82) is 0 Å². The first-order valence-electron chi connectivity index (χ1n) is 11.4. The first kappa shape index (κ1) is 21.9. The largest absolute Gasteiger partial charge is 0.341 e. The van der Waals surface area contributed by atoms with Crippen molar-refractivity contribution < 1.29 is 8.42 Å². The lowest BCUT2D eigenvalue weighted by Crippen LogP contribution is -2.42. The molecule has 1 aliphatic carbocycles. The molecule has 1 N–H and O–H groups in total. The van der Waals surface area contributed by atoms with Crippen LogP contribution in [0.2, 0.25) is 0 Å². The van der Waals surface area contributed by atoms with E-state index in [2.05, 4.69) is 36.7 Å². The summed E-state index contributed by atoms with van der Waals surface area (Å²) in [5.74, 6) is 2.38. The molecule has 11 heteroatoms. The fourth-order valence-electron chi connectivity index (χ4n) is 4.93. The van der Waals surface area contributed by atoms with Gasteiger partial charge in [-0.3, -0.25) is 9.55 Å². The number of aromatic nitrogens is 6. The Labute approximate surface area is 193 Å². The molecule has 174 valence electrons. The van der Waals surface area contributed by atoms with Crippen LogP contribution in [0, 0.1) is 0 Å². The minimum Gasteiger partial charge on any atom is -0.341 e. The summed E-state index contributed by atoms with van der Waals surface area (Å²) in [6.07, 6.45) is 14.7. The van der Waals surface area contributed by atoms with E-state index in [0.29, 0.717) is 11.9 Å². The highest BCUT2D eigenvalue weighted by atomic mass is 32.2. The highest BCUT2D eigenvalue weighted by molar-refractivity contribution is 7.88. The van der Waals surface area contributed by atoms with Crippen LogP contribution in [-0.4, -0.2) is 50.4 Å². The van der Waals surface area contributed by atoms with Gasteiger partial charge in [-0.05, 0) is 30.9 Å². The zero-order chi connectivity index (χ0) is 23.0. The van der Waals surface area contributed by atoms with E-state index in [1.807, 2.05) is 16.8 Å². The second-order valence-electron chi connectivity index (χ2n) is 8.74. The maximum absolute atomic E-state index is 11.6. The van der Waals surface area contributed by atoms with Gasteiger partial charge in [0.2, 0.25) is 10.0 Å². The van der Waals surface area contributed by atoms with E-state index in [1.54, 1.807) is 18.7 Å². The summed E-state index contributed by atoms with van der Waals surface area (Å²) >= 11 is 0. The van der Waals surface area contributed by atoms with Gasteiger partial charge < -0.3 is 4.90 Å². The highest BCUT2D eigenvalue weighted by Crippen LogP contribution is 2.43. The number of anilines is 1. The molecule has 3 aromatic rings. The summed E-state index contributed by atoms with van der Waals surface area (Å²) in [5.41, 5.74) is 2.36. The lowest BCUT2D eigenvalue weighted by Gasteiger charge is -2.41. The topological polar surface area (TPSA) is 119 Å². The van der Waals surface area contributed by atoms with Crippen molar-refractivity contribution in [2.24, 2.45) is 0 Å². The van der Waals surface area contributed by atoms with Crippen molar-refractivity contribution >= 4 is 15.8 Å². The van der Waals surface area contributed by atoms with E-state index in [9.17, 15) is 8.42 Å². The predicted octanol–water partition coefficient (Wildman–Crippen LogP) is 2.77. The Hall–Kier alpha value is -2.92. The van der Waals surface area contributed by atoms with Crippen LogP contribution in [0.5, 0.6) is 0 Å². The van der Waals surface area contributed by atoms with Crippen LogP contribution in [0.25, 0.3) is 17.1 Å². The second kappa shape index (κ2) is 8.79. The van der Waals surface area contributed by atoms with Crippen LogP contribution in [0.15, 0.2) is 31.0 Å². The summed E-state index contributed by atoms with van der Waals surface area (Å²) in [5, 5.41) is 8.66. The third-order valence-electron chi connectivity index (χ3n) is 6.41. The molecule has 2 aliphatic rings. The third kappa shape index (κ3) is 4.22. The van der Waals surface area contributed by atoms with Crippen molar-refractivity contribution in [3.05, 3.63) is 42.4 Å². The van der Waals surface area contributed by atoms with Gasteiger partial charge in [-0.1, -0.05) is 26.2 Å². The zero-order valence-corrected chi connectivity index (χ0v) is 19.7. The molecule has 1 fully saturated rings. The summed E-state index contributed by atoms with van der Waals surface area (Å²) in [6, 6.07) is 2.34. The molecule has 0 unspecified atom stereocenters. The number of rotatable bonds is 7. The van der Waals surface area contributed by atoms with E-state index >= 15 is 0 Å². The predicted molar refractivity (Wildman–Crippen MR) is 124 cm³/mol. The maximum Gasteiger partial charge on any atom is 0.209 e. The molecule has 0 amide bonds. The Morgan fingerprint density at radius 1 is 1.21 bits per heavy atom. The van der Waals surface area contributed by atoms with E-state index in [0.717, 1.165) is 60.4 Å². The van der Waals surface area contributed by atoms with Crippen molar-refractivity contribution in [1.82, 2.24) is 34.4 Å². The zero-order valence-electron chi connectivity index (χ0n) is 18.8. The maximum atomic E-state index is 11.6. The van der Waals surface area contributed by atoms with Gasteiger partial charge in [-0.15, -0.1) is 10.2 Å². The van der Waals surface area contributed by atoms with Crippen molar-refractivity contribution in [2.45, 2.75) is 64.1 Å². The number of hydrogen-bond donors (Lipinski definition) is 1. The molecular formula is C22H28N8O2S. The molecule has 1 saturated carbocycles. The van der Waals surface area contributed by atoms with Crippen LogP contribution in [-0.2, 0) is 16.6 Å². The van der Waals surface area contributed by atoms with Gasteiger partial charge in [-0.25, -0.2) is 23.1 Å². The summed E-state index contributed by atoms with van der Waals surface area (Å²) < 4.78 is 27.8. The lowest BCUT2D eigenvalue weighted by molar-refractivity contribution is 0.453. The molecule has 10 nitrogen and oxygen atoms in total. The van der Waals surface area contributed by atoms with Crippen LogP contribution in [0.3, 0.4) is 0 Å². The molecule has 0 aromatic carbocycles. The van der Waals surface area contributed by atoms with E-state index < -0.39 is 10.0 Å². The normalized spacial score (nSPS) is 18.4. The lowest BCUT2D eigenvalue weighted by atomic mass is 10.0. The van der Waals surface area contributed by atoms with Crippen LogP contribution < -0.4 is 9.62 Å². The molecule has 0 radical (unpaired) electrons. The third-order valence-corrected chi connectivity index (χ3v) is 7.08. The Kier molecular flexibility index (Phi) is 5.83. The Morgan fingerprint density at radius 2 is 2.03 bits per heavy atom. The van der Waals surface area contributed by atoms with E-state index in [4.69, 9.17) is 4.98 Å². The van der Waals surface area contributed by atoms with E-state index in [1.165, 1.54) is 12.8 Å². The van der Waals surface area contributed by atoms with Gasteiger partial charge in [0.25, 0.3) is 0 Å². The number of nitrogens with one attached hydrogen (secondary N) is 1. The van der Waals surface area contributed by atoms with Gasteiger partial charge in [0.15, 0.2) is 17.5 Å². The molecule has 0 spiro atoms. The van der Waals surface area contributed by atoms with Crippen molar-refractivity contribution in [2.75, 3.05) is 11.2 Å². The summed E-state index contributed by atoms with van der Waals surface area (Å²) in [6.45, 7) is 2.31. The first-order valence-corrected chi connectivity index (χ1v) is 13.3. The number of sulfonamides is 1. The summed E-state index contributed by atoms with van der Waals surface area (Å²) in [7, 11) is -3.34. The fourth-order valence-corrected chi connectivity index (χ4v) is 5.35. The monoisotopic (exact) mass is 468 g/mol. The van der Waals surface area contributed by atoms with Gasteiger partial charge in [0, 0.05) is 30.5 Å². The number of fused-ring (bicyclic) bond motifs is 3. The van der Waals surface area contributed by atoms with Gasteiger partial charge >= 0.3 is 0 Å². The standard InChI is InChI=1S/C22H28N8O2S/c1-3-6-18-22-28-25-14-29(22)19-13-24-20(27-21(19)30(18)16-7-4-5-8-16)17-9-10-23-11-15(17)12-26-33(2,31)32/h9-11,13-14,16,18,26H,3-8,12H2,1-2H3/t18-/m1/s1.